The van der Waals surface area contributed by atoms with Crippen LogP contribution in [-0.4, -0.2) is 21.4 Å². The summed E-state index contributed by atoms with van der Waals surface area (Å²) in [6, 6.07) is 9.02. The molecule has 2 heterocycles. The number of pyridine rings is 1. The van der Waals surface area contributed by atoms with Crippen LogP contribution in [-0.2, 0) is 6.54 Å². The van der Waals surface area contributed by atoms with Crippen LogP contribution in [0.4, 0.5) is 4.39 Å². The molecule has 16 heavy (non-hydrogen) atoms. The maximum atomic E-state index is 12.2. The molecule has 0 fully saturated rings. The molecule has 4 nitrogen and oxygen atoms in total. The van der Waals surface area contributed by atoms with Gasteiger partial charge in [0.25, 0.3) is 0 Å². The van der Waals surface area contributed by atoms with E-state index in [4.69, 9.17) is 5.26 Å². The zero-order valence-electron chi connectivity index (χ0n) is 8.47. The van der Waals surface area contributed by atoms with Crippen LogP contribution >= 0.6 is 0 Å². The fraction of sp³-hybridized carbons (Fsp3) is 0.182. The summed E-state index contributed by atoms with van der Waals surface area (Å²) >= 11 is 0. The Balaban J connectivity index is 2.41. The second-order valence-corrected chi connectivity index (χ2v) is 3.15. The average Bonchev–Trinajstić information content (AvgIpc) is 2.74. The van der Waals surface area contributed by atoms with Crippen LogP contribution in [0.25, 0.3) is 11.4 Å². The molecule has 0 saturated carbocycles. The summed E-state index contributed by atoms with van der Waals surface area (Å²) in [5.74, 6) is 0. The van der Waals surface area contributed by atoms with Crippen LogP contribution in [0.3, 0.4) is 0 Å². The Bertz CT molecular complexity index is 513. The van der Waals surface area contributed by atoms with Crippen molar-refractivity contribution in [3.05, 3.63) is 36.2 Å². The number of hydrogen-bond donors (Lipinski definition) is 0. The molecule has 0 unspecified atom stereocenters. The first-order valence-electron chi connectivity index (χ1n) is 4.80. The minimum atomic E-state index is -0.544. The Labute approximate surface area is 92.0 Å². The minimum absolute atomic E-state index is 0.0930. The SMILES string of the molecule is N#Cc1cc(-c2ccccn2)nn1CCF. The normalized spacial score (nSPS) is 10.0. The van der Waals surface area contributed by atoms with Crippen molar-refractivity contribution in [3.8, 4) is 17.5 Å². The van der Waals surface area contributed by atoms with E-state index in [2.05, 4.69) is 10.1 Å². The van der Waals surface area contributed by atoms with Crippen molar-refractivity contribution in [3.63, 3.8) is 0 Å². The number of nitriles is 1. The number of aromatic nitrogens is 3. The third-order valence-corrected chi connectivity index (χ3v) is 2.12. The van der Waals surface area contributed by atoms with E-state index in [9.17, 15) is 4.39 Å². The molecule has 0 bridgehead atoms. The van der Waals surface area contributed by atoms with E-state index in [1.54, 1.807) is 24.4 Å². The molecule has 0 radical (unpaired) electrons. The highest BCUT2D eigenvalue weighted by Crippen LogP contribution is 2.15. The predicted octanol–water partition coefficient (Wildman–Crippen LogP) is 1.79. The van der Waals surface area contributed by atoms with Crippen LogP contribution in [0.5, 0.6) is 0 Å². The van der Waals surface area contributed by atoms with E-state index in [1.165, 1.54) is 4.68 Å². The lowest BCUT2D eigenvalue weighted by Gasteiger charge is -1.97. The van der Waals surface area contributed by atoms with Gasteiger partial charge >= 0.3 is 0 Å². The van der Waals surface area contributed by atoms with E-state index >= 15 is 0 Å². The highest BCUT2D eigenvalue weighted by Gasteiger charge is 2.09. The highest BCUT2D eigenvalue weighted by atomic mass is 19.1. The average molecular weight is 216 g/mol. The van der Waals surface area contributed by atoms with Gasteiger partial charge in [-0.25, -0.2) is 4.39 Å². The van der Waals surface area contributed by atoms with Crippen molar-refractivity contribution in [2.45, 2.75) is 6.54 Å². The predicted molar refractivity (Wildman–Crippen MR) is 56.1 cm³/mol. The molecule has 2 aromatic heterocycles. The number of aryl methyl sites for hydroxylation is 1. The van der Waals surface area contributed by atoms with E-state index < -0.39 is 6.67 Å². The zero-order valence-corrected chi connectivity index (χ0v) is 8.47. The quantitative estimate of drug-likeness (QED) is 0.785. The minimum Gasteiger partial charge on any atom is -0.255 e. The summed E-state index contributed by atoms with van der Waals surface area (Å²) in [7, 11) is 0. The van der Waals surface area contributed by atoms with Crippen molar-refractivity contribution < 1.29 is 4.39 Å². The van der Waals surface area contributed by atoms with E-state index in [1.807, 2.05) is 12.1 Å². The van der Waals surface area contributed by atoms with Gasteiger partial charge in [0, 0.05) is 12.3 Å². The summed E-state index contributed by atoms with van der Waals surface area (Å²) in [5.41, 5.74) is 1.61. The summed E-state index contributed by atoms with van der Waals surface area (Å²) in [6.45, 7) is -0.451. The summed E-state index contributed by atoms with van der Waals surface area (Å²) in [4.78, 5) is 4.12. The maximum Gasteiger partial charge on any atom is 0.139 e. The lowest BCUT2D eigenvalue weighted by Crippen LogP contribution is -2.04. The number of nitrogens with zero attached hydrogens (tertiary/aromatic N) is 4. The first-order chi connectivity index (χ1) is 7.85. The number of rotatable bonds is 3. The summed E-state index contributed by atoms with van der Waals surface area (Å²) < 4.78 is 13.6. The Morgan fingerprint density at radius 2 is 2.25 bits per heavy atom. The third-order valence-electron chi connectivity index (χ3n) is 2.12. The molecule has 0 aliphatic heterocycles. The first kappa shape index (κ1) is 10.3. The van der Waals surface area contributed by atoms with Gasteiger partial charge in [-0.05, 0) is 12.1 Å². The van der Waals surface area contributed by atoms with Crippen molar-refractivity contribution in [2.24, 2.45) is 0 Å². The standard InChI is InChI=1S/C11H9FN4/c12-4-6-16-9(8-13)7-11(15-16)10-3-1-2-5-14-10/h1-3,5,7H,4,6H2. The molecule has 0 atom stereocenters. The van der Waals surface area contributed by atoms with E-state index in [0.29, 0.717) is 17.1 Å². The third kappa shape index (κ3) is 1.91. The Kier molecular flexibility index (Phi) is 2.92. The van der Waals surface area contributed by atoms with Gasteiger partial charge in [-0.3, -0.25) is 9.67 Å². The molecule has 0 spiro atoms. The highest BCUT2D eigenvalue weighted by molar-refractivity contribution is 5.55. The van der Waals surface area contributed by atoms with Gasteiger partial charge in [0.2, 0.25) is 0 Å². The molecule has 2 aromatic rings. The van der Waals surface area contributed by atoms with Gasteiger partial charge in [-0.1, -0.05) is 6.07 Å². The molecule has 0 saturated heterocycles. The van der Waals surface area contributed by atoms with E-state index in [-0.39, 0.29) is 6.54 Å². The topological polar surface area (TPSA) is 54.5 Å². The lowest BCUT2D eigenvalue weighted by atomic mass is 10.2. The van der Waals surface area contributed by atoms with Crippen LogP contribution in [0.1, 0.15) is 5.69 Å². The molecule has 0 aliphatic carbocycles. The van der Waals surface area contributed by atoms with Crippen LogP contribution in [0, 0.1) is 11.3 Å². The number of alkyl halides is 1. The van der Waals surface area contributed by atoms with Crippen LogP contribution in [0.2, 0.25) is 0 Å². The largest absolute Gasteiger partial charge is 0.255 e. The molecule has 0 amide bonds. The second-order valence-electron chi connectivity index (χ2n) is 3.15. The molecule has 0 N–H and O–H groups in total. The molecular weight excluding hydrogens is 207 g/mol. The monoisotopic (exact) mass is 216 g/mol. The molecular formula is C11H9FN4. The number of halogens is 1. The van der Waals surface area contributed by atoms with Crippen molar-refractivity contribution in [2.75, 3.05) is 6.67 Å². The lowest BCUT2D eigenvalue weighted by molar-refractivity contribution is 0.426. The van der Waals surface area contributed by atoms with Gasteiger partial charge in [0.05, 0.1) is 12.2 Å². The van der Waals surface area contributed by atoms with E-state index in [0.717, 1.165) is 0 Å². The fourth-order valence-electron chi connectivity index (χ4n) is 1.40. The molecule has 0 aromatic carbocycles. The van der Waals surface area contributed by atoms with Crippen molar-refractivity contribution in [1.29, 1.82) is 5.26 Å². The molecule has 2 rings (SSSR count). The van der Waals surface area contributed by atoms with Gasteiger partial charge in [0.15, 0.2) is 0 Å². The molecule has 80 valence electrons. The van der Waals surface area contributed by atoms with Gasteiger partial charge < -0.3 is 0 Å². The Morgan fingerprint density at radius 3 is 2.88 bits per heavy atom. The fourth-order valence-corrected chi connectivity index (χ4v) is 1.40. The maximum absolute atomic E-state index is 12.2. The van der Waals surface area contributed by atoms with Crippen molar-refractivity contribution in [1.82, 2.24) is 14.8 Å². The Morgan fingerprint density at radius 1 is 1.38 bits per heavy atom. The molecule has 5 heteroatoms. The summed E-state index contributed by atoms with van der Waals surface area (Å²) in [5, 5.41) is 13.0. The van der Waals surface area contributed by atoms with Crippen molar-refractivity contribution >= 4 is 0 Å². The Hall–Kier alpha value is -2.22. The first-order valence-corrected chi connectivity index (χ1v) is 4.80. The van der Waals surface area contributed by atoms with Crippen LogP contribution in [0.15, 0.2) is 30.5 Å². The molecule has 0 aliphatic rings. The van der Waals surface area contributed by atoms with Gasteiger partial charge in [-0.15, -0.1) is 0 Å². The number of hydrogen-bond acceptors (Lipinski definition) is 3. The summed E-state index contributed by atoms with van der Waals surface area (Å²) in [6.07, 6.45) is 1.65. The smallest absolute Gasteiger partial charge is 0.139 e. The van der Waals surface area contributed by atoms with Crippen LogP contribution < -0.4 is 0 Å². The second kappa shape index (κ2) is 4.53. The van der Waals surface area contributed by atoms with Gasteiger partial charge in [0.1, 0.15) is 24.1 Å². The van der Waals surface area contributed by atoms with Gasteiger partial charge in [-0.2, -0.15) is 10.4 Å². The zero-order chi connectivity index (χ0) is 11.4.